The number of carboxylic acids is 2. The SMILES string of the molecule is COC(=O)C(=O)C(Cc1ccccc1)NC(=O)c1cn(C2CC2)nc1-c1ccccc1.COC(=O)C(O)C(Cc1ccccc1)NC(=O)c1cn(C2CC2)nc1-c1ccccc1.COC(=O)C(O)C(N)Cc1ccccc1.Cl.O=C(O)C(=O)C(Cc1ccccc1)NC(=O)c1cn(C2CC2)nc1-c1ccccc1.O=C(O)c1cn(C2CC2)nc1-c1ccccc1. The van der Waals surface area contributed by atoms with Crippen LogP contribution in [0, 0.1) is 0 Å². The minimum Gasteiger partial charge on any atom is -0.478 e. The molecule has 8 aromatic carbocycles. The van der Waals surface area contributed by atoms with Gasteiger partial charge in [0.1, 0.15) is 40.4 Å². The molecule has 0 spiro atoms. The van der Waals surface area contributed by atoms with Gasteiger partial charge in [-0.25, -0.2) is 24.0 Å². The number of rotatable bonds is 31. The predicted octanol–water partition coefficient (Wildman–Crippen LogP) is 11.7. The van der Waals surface area contributed by atoms with Gasteiger partial charge in [-0.1, -0.05) is 243 Å². The highest BCUT2D eigenvalue weighted by Crippen LogP contribution is 2.40. The summed E-state index contributed by atoms with van der Waals surface area (Å²) < 4.78 is 20.9. The Kier molecular flexibility index (Phi) is 32.3. The molecule has 3 amide bonds. The Bertz CT molecular complexity index is 5630. The number of hydrogen-bond acceptors (Lipinski definition) is 20. The van der Waals surface area contributed by atoms with E-state index in [1.54, 1.807) is 58.4 Å². The van der Waals surface area contributed by atoms with Gasteiger partial charge in [-0.15, -0.1) is 12.4 Å². The van der Waals surface area contributed by atoms with Crippen LogP contribution in [-0.4, -0.2) is 176 Å². The van der Waals surface area contributed by atoms with Crippen molar-refractivity contribution in [3.8, 4) is 45.0 Å². The number of benzene rings is 8. The van der Waals surface area contributed by atoms with Gasteiger partial charge >= 0.3 is 29.8 Å². The molecule has 646 valence electrons. The average Bonchev–Trinajstić information content (AvgIpc) is 1.66. The highest BCUT2D eigenvalue weighted by molar-refractivity contribution is 6.36. The highest BCUT2D eigenvalue weighted by atomic mass is 35.5. The number of esters is 3. The summed E-state index contributed by atoms with van der Waals surface area (Å²) in [6, 6.07) is 72.3. The summed E-state index contributed by atoms with van der Waals surface area (Å²) in [5.74, 6) is -8.19. The predicted molar refractivity (Wildman–Crippen MR) is 466 cm³/mol. The minimum atomic E-state index is -1.58. The number of methoxy groups -OCH3 is 3. The van der Waals surface area contributed by atoms with Gasteiger partial charge in [-0.3, -0.25) is 42.7 Å². The Morgan fingerprint density at radius 3 is 0.912 bits per heavy atom. The van der Waals surface area contributed by atoms with Crippen molar-refractivity contribution < 1.29 is 82.6 Å². The van der Waals surface area contributed by atoms with Crippen molar-refractivity contribution in [2.24, 2.45) is 5.73 Å². The molecule has 4 saturated carbocycles. The number of aromatic nitrogens is 8. The van der Waals surface area contributed by atoms with Crippen molar-refractivity contribution in [1.82, 2.24) is 55.1 Å². The van der Waals surface area contributed by atoms with Gasteiger partial charge in [-0.05, 0) is 86.5 Å². The van der Waals surface area contributed by atoms with E-state index in [9.17, 15) is 68.4 Å². The van der Waals surface area contributed by atoms with E-state index in [-0.39, 0.29) is 43.3 Å². The van der Waals surface area contributed by atoms with Crippen molar-refractivity contribution in [3.63, 3.8) is 0 Å². The van der Waals surface area contributed by atoms with E-state index in [0.29, 0.717) is 64.0 Å². The number of carboxylic acid groups (broad SMARTS) is 2. The van der Waals surface area contributed by atoms with Crippen molar-refractivity contribution >= 4 is 71.5 Å². The van der Waals surface area contributed by atoms with Crippen LogP contribution in [0.4, 0.5) is 0 Å². The molecule has 4 fully saturated rings. The van der Waals surface area contributed by atoms with Gasteiger partial charge in [0.2, 0.25) is 0 Å². The third-order valence-corrected chi connectivity index (χ3v) is 20.8. The molecule has 0 saturated heterocycles. The van der Waals surface area contributed by atoms with Crippen LogP contribution in [0.15, 0.2) is 267 Å². The molecule has 16 rings (SSSR count). The fourth-order valence-electron chi connectivity index (χ4n) is 13.5. The number of nitrogens with zero attached hydrogens (tertiary/aromatic N) is 8. The summed E-state index contributed by atoms with van der Waals surface area (Å²) in [7, 11) is 3.58. The molecule has 6 atom stereocenters. The lowest BCUT2D eigenvalue weighted by atomic mass is 10.00. The van der Waals surface area contributed by atoms with E-state index in [1.165, 1.54) is 14.2 Å². The molecule has 0 radical (unpaired) electrons. The van der Waals surface area contributed by atoms with E-state index in [2.05, 4.69) is 45.8 Å². The summed E-state index contributed by atoms with van der Waals surface area (Å²) in [4.78, 5) is 122. The Morgan fingerprint density at radius 1 is 0.360 bits per heavy atom. The molecular weight excluding hydrogens is 1620 g/mol. The second kappa shape index (κ2) is 44.1. The molecule has 9 N–H and O–H groups in total. The summed E-state index contributed by atoms with van der Waals surface area (Å²) in [6.45, 7) is 0. The molecule has 125 heavy (non-hydrogen) atoms. The second-order valence-corrected chi connectivity index (χ2v) is 30.2. The van der Waals surface area contributed by atoms with E-state index in [0.717, 1.165) is 103 Å². The summed E-state index contributed by atoms with van der Waals surface area (Å²) in [5, 5.41) is 64.8. The maximum Gasteiger partial charge on any atom is 0.376 e. The number of aromatic carboxylic acids is 1. The van der Waals surface area contributed by atoms with Gasteiger partial charge in [0, 0.05) is 65.9 Å². The normalized spacial score (nSPS) is 14.4. The fraction of sp³-hybridized carbons (Fsp3) is 0.263. The number of carbonyl (C=O) groups excluding carboxylic acids is 8. The smallest absolute Gasteiger partial charge is 0.376 e. The molecule has 4 aliphatic rings. The van der Waals surface area contributed by atoms with Gasteiger partial charge in [-0.2, -0.15) is 20.4 Å². The molecule has 12 aromatic rings. The van der Waals surface area contributed by atoms with Gasteiger partial charge < -0.3 is 56.3 Å². The van der Waals surface area contributed by atoms with Crippen molar-refractivity contribution in [1.29, 1.82) is 0 Å². The molecule has 4 aliphatic carbocycles. The number of ketones is 2. The standard InChI is InChI=1S/C24H25N3O4.C24H23N3O4.C23H21N3O4.C13H12N2O2.C11H15NO3.ClH/c2*1-31-24(30)22(28)20(14-16-8-4-2-5-9-16)25-23(29)19-15-27(18-12-13-18)26-21(19)17-10-6-3-7-11-17;27-21(23(29)30)19(13-15-7-3-1-4-8-15)24-22(28)18-14-26(17-11-12-17)25-20(18)16-9-5-2-6-10-16;16-13(17)11-8-15(10-6-7-10)14-12(11)9-4-2-1-3-5-9;1-15-11(14)10(13)9(12)7-8-5-3-2-4-6-8;/h2-11,15,18,20,22,28H,12-14H2,1H3,(H,25,29);2-11,15,18,20H,12-14H2,1H3,(H,25,29);1-10,14,17,19H,11-13H2,(H,24,28)(H,29,30);1-5,8,10H,6-7H2,(H,16,17);2-6,9-10,13H,7,12H2,1H3;1H. The number of ether oxygens (including phenoxy) is 3. The summed E-state index contributed by atoms with van der Waals surface area (Å²) >= 11 is 0. The monoisotopic (exact) mass is 1710 g/mol. The number of aliphatic hydroxyl groups excluding tert-OH is 2. The number of aliphatic carboxylic acids is 1. The lowest BCUT2D eigenvalue weighted by molar-refractivity contribution is -0.152. The van der Waals surface area contributed by atoms with Crippen LogP contribution in [0.1, 0.15) is 139 Å². The Labute approximate surface area is 727 Å². The molecular formula is C95H97ClN12O17. The number of carbonyl (C=O) groups is 10. The lowest BCUT2D eigenvalue weighted by Crippen LogP contribution is -2.48. The average molecular weight is 1710 g/mol. The van der Waals surface area contributed by atoms with E-state index in [1.807, 2.05) is 228 Å². The number of Topliss-reactive ketones (excluding diaryl/α,β-unsaturated/α-hetero) is 2. The summed E-state index contributed by atoms with van der Waals surface area (Å²) in [6.07, 6.45) is 13.3. The van der Waals surface area contributed by atoms with Crippen LogP contribution in [0.25, 0.3) is 45.0 Å². The van der Waals surface area contributed by atoms with Gasteiger partial charge in [0.25, 0.3) is 29.3 Å². The van der Waals surface area contributed by atoms with Crippen molar-refractivity contribution in [2.45, 2.75) is 138 Å². The molecule has 4 heterocycles. The Morgan fingerprint density at radius 2 is 0.624 bits per heavy atom. The first-order valence-electron chi connectivity index (χ1n) is 40.6. The quantitative estimate of drug-likeness (QED) is 0.0114. The van der Waals surface area contributed by atoms with Gasteiger partial charge in [0.05, 0.1) is 68.2 Å². The second-order valence-electron chi connectivity index (χ2n) is 30.2. The zero-order chi connectivity index (χ0) is 87.8. The lowest BCUT2D eigenvalue weighted by Gasteiger charge is -2.22. The first-order chi connectivity index (χ1) is 60.1. The first-order valence-corrected chi connectivity index (χ1v) is 40.6. The number of nitrogens with one attached hydrogen (secondary N) is 3. The molecule has 30 heteroatoms. The Hall–Kier alpha value is -14.1. The topological polar surface area (TPSA) is 413 Å². The van der Waals surface area contributed by atoms with E-state index in [4.69, 9.17) is 10.5 Å². The van der Waals surface area contributed by atoms with E-state index < -0.39 is 95.5 Å². The number of aliphatic hydroxyl groups is 2. The van der Waals surface area contributed by atoms with Crippen LogP contribution in [0.3, 0.4) is 0 Å². The van der Waals surface area contributed by atoms with Crippen LogP contribution in [0.2, 0.25) is 0 Å². The fourth-order valence-corrected chi connectivity index (χ4v) is 13.5. The zero-order valence-electron chi connectivity index (χ0n) is 68.8. The first kappa shape index (κ1) is 91.6. The number of hydrogen-bond donors (Lipinski definition) is 8. The van der Waals surface area contributed by atoms with Crippen LogP contribution < -0.4 is 21.7 Å². The highest BCUT2D eigenvalue weighted by Gasteiger charge is 2.37. The van der Waals surface area contributed by atoms with Crippen molar-refractivity contribution in [2.75, 3.05) is 21.3 Å². The van der Waals surface area contributed by atoms with Crippen LogP contribution >= 0.6 is 12.4 Å². The number of halogens is 1. The molecule has 6 unspecified atom stereocenters. The van der Waals surface area contributed by atoms with E-state index >= 15 is 0 Å². The molecule has 0 bridgehead atoms. The van der Waals surface area contributed by atoms with Crippen molar-refractivity contribution in [3.05, 3.63) is 312 Å². The molecule has 0 aliphatic heterocycles. The van der Waals surface area contributed by atoms with Crippen LogP contribution in [-0.2, 0) is 68.7 Å². The van der Waals surface area contributed by atoms with Gasteiger partial charge in [0.15, 0.2) is 12.2 Å². The number of nitrogens with two attached hydrogens (primary N) is 1. The third-order valence-electron chi connectivity index (χ3n) is 20.8. The maximum atomic E-state index is 13.3. The van der Waals surface area contributed by atoms with Crippen LogP contribution in [0.5, 0.6) is 0 Å². The number of amides is 3. The molecule has 29 nitrogen and oxygen atoms in total. The maximum absolute atomic E-state index is 13.3. The third kappa shape index (κ3) is 25.5. The zero-order valence-corrected chi connectivity index (χ0v) is 69.6. The Balaban J connectivity index is 0.000000156. The largest absolute Gasteiger partial charge is 0.478 e. The minimum absolute atomic E-state index is 0. The molecule has 4 aromatic heterocycles. The summed E-state index contributed by atoms with van der Waals surface area (Å²) in [5.41, 5.74) is 16.0.